The van der Waals surface area contributed by atoms with Gasteiger partial charge in [-0.1, -0.05) is 31.2 Å². The Morgan fingerprint density at radius 2 is 1.88 bits per heavy atom. The van der Waals surface area contributed by atoms with Crippen molar-refractivity contribution in [2.75, 3.05) is 31.1 Å². The topological polar surface area (TPSA) is 49.6 Å². The summed E-state index contributed by atoms with van der Waals surface area (Å²) in [4.78, 5) is 4.95. The van der Waals surface area contributed by atoms with E-state index in [9.17, 15) is 0 Å². The Bertz CT molecular complexity index is 863. The molecule has 3 heterocycles. The van der Waals surface area contributed by atoms with Gasteiger partial charge in [0.25, 0.3) is 0 Å². The van der Waals surface area contributed by atoms with Crippen molar-refractivity contribution >= 4 is 11.3 Å². The first kappa shape index (κ1) is 16.0. The second-order valence-electron chi connectivity index (χ2n) is 6.66. The van der Waals surface area contributed by atoms with E-state index in [0.717, 1.165) is 56.2 Å². The maximum absolute atomic E-state index is 4.54. The molecule has 0 unspecified atom stereocenters. The zero-order valence-corrected chi connectivity index (χ0v) is 14.9. The highest BCUT2D eigenvalue weighted by Gasteiger charge is 2.21. The van der Waals surface area contributed by atoms with Crippen molar-refractivity contribution in [1.29, 1.82) is 0 Å². The number of benzene rings is 1. The minimum Gasteiger partial charge on any atom is -0.366 e. The monoisotopic (exact) mass is 336 g/mol. The molecule has 0 N–H and O–H groups in total. The maximum Gasteiger partial charge on any atom is 0.200 e. The molecule has 1 aliphatic rings. The molecule has 0 radical (unpaired) electrons. The van der Waals surface area contributed by atoms with Gasteiger partial charge in [-0.25, -0.2) is 0 Å². The van der Waals surface area contributed by atoms with Crippen LogP contribution in [0.3, 0.4) is 0 Å². The Morgan fingerprint density at radius 1 is 1.08 bits per heavy atom. The molecule has 6 heteroatoms. The van der Waals surface area contributed by atoms with Crippen molar-refractivity contribution < 1.29 is 0 Å². The minimum atomic E-state index is 0.851. The fourth-order valence-electron chi connectivity index (χ4n) is 3.44. The molecule has 25 heavy (non-hydrogen) atoms. The average Bonchev–Trinajstić information content (AvgIpc) is 3.12. The second-order valence-corrected chi connectivity index (χ2v) is 6.66. The molecular weight excluding hydrogens is 312 g/mol. The lowest BCUT2D eigenvalue weighted by Crippen LogP contribution is -2.46. The number of rotatable bonds is 4. The molecule has 1 aliphatic heterocycles. The van der Waals surface area contributed by atoms with Crippen LogP contribution in [0.1, 0.15) is 23.7 Å². The lowest BCUT2D eigenvalue weighted by molar-refractivity contribution is 0.249. The molecule has 0 saturated carbocycles. The van der Waals surface area contributed by atoms with Gasteiger partial charge in [-0.3, -0.25) is 4.90 Å². The zero-order chi connectivity index (χ0) is 17.2. The number of anilines is 1. The van der Waals surface area contributed by atoms with Gasteiger partial charge >= 0.3 is 0 Å². The zero-order valence-electron chi connectivity index (χ0n) is 14.9. The summed E-state index contributed by atoms with van der Waals surface area (Å²) in [6.07, 6.45) is 2.60. The molecule has 0 spiro atoms. The maximum atomic E-state index is 4.54. The molecule has 3 aromatic rings. The van der Waals surface area contributed by atoms with Crippen molar-refractivity contribution in [3.05, 3.63) is 53.5 Å². The van der Waals surface area contributed by atoms with Gasteiger partial charge in [-0.05, 0) is 30.5 Å². The Hall–Kier alpha value is -2.47. The van der Waals surface area contributed by atoms with Crippen LogP contribution >= 0.6 is 0 Å². The summed E-state index contributed by atoms with van der Waals surface area (Å²) in [5.74, 6) is 0. The van der Waals surface area contributed by atoms with Crippen molar-refractivity contribution in [2.45, 2.75) is 26.8 Å². The van der Waals surface area contributed by atoms with E-state index in [0.29, 0.717) is 0 Å². The van der Waals surface area contributed by atoms with Gasteiger partial charge in [0.1, 0.15) is 6.33 Å². The third-order valence-electron chi connectivity index (χ3n) is 5.03. The molecule has 1 aromatic carbocycles. The Morgan fingerprint density at radius 3 is 2.64 bits per heavy atom. The molecule has 4 rings (SSSR count). The van der Waals surface area contributed by atoms with Crippen LogP contribution in [0.2, 0.25) is 0 Å². The van der Waals surface area contributed by atoms with Gasteiger partial charge in [-0.2, -0.15) is 9.61 Å². The summed E-state index contributed by atoms with van der Waals surface area (Å²) >= 11 is 0. The highest BCUT2D eigenvalue weighted by Crippen LogP contribution is 2.23. The summed E-state index contributed by atoms with van der Waals surface area (Å²) in [6, 6.07) is 10.8. The van der Waals surface area contributed by atoms with Crippen LogP contribution in [0.25, 0.3) is 5.65 Å². The molecule has 0 aliphatic carbocycles. The Labute approximate surface area is 148 Å². The van der Waals surface area contributed by atoms with E-state index in [1.54, 1.807) is 10.8 Å². The van der Waals surface area contributed by atoms with E-state index in [1.165, 1.54) is 11.1 Å². The van der Waals surface area contributed by atoms with Gasteiger partial charge in [0.15, 0.2) is 0 Å². The number of fused-ring (bicyclic) bond motifs is 1. The van der Waals surface area contributed by atoms with Gasteiger partial charge in [-0.15, -0.1) is 10.2 Å². The Kier molecular flexibility index (Phi) is 4.36. The van der Waals surface area contributed by atoms with Crippen molar-refractivity contribution in [1.82, 2.24) is 24.7 Å². The molecule has 130 valence electrons. The smallest absolute Gasteiger partial charge is 0.200 e. The molecule has 0 bridgehead atoms. The first-order chi connectivity index (χ1) is 12.2. The largest absolute Gasteiger partial charge is 0.366 e. The molecule has 2 aromatic heterocycles. The number of nitrogens with zero attached hydrogens (tertiary/aromatic N) is 6. The summed E-state index contributed by atoms with van der Waals surface area (Å²) in [6.45, 7) is 9.46. The third kappa shape index (κ3) is 3.22. The summed E-state index contributed by atoms with van der Waals surface area (Å²) in [7, 11) is 0. The van der Waals surface area contributed by atoms with Gasteiger partial charge < -0.3 is 4.90 Å². The standard InChI is InChI=1S/C19H24N6/c1-3-17-12-18(19-21-20-14-25(19)22-17)24-10-8-23(9-11-24)13-16-7-5-4-6-15(16)2/h4-7,12,14H,3,8-11,13H2,1-2H3. The number of aryl methyl sites for hydroxylation is 2. The second kappa shape index (κ2) is 6.80. The predicted octanol–water partition coefficient (Wildman–Crippen LogP) is 2.32. The first-order valence-corrected chi connectivity index (χ1v) is 8.96. The van der Waals surface area contributed by atoms with E-state index in [-0.39, 0.29) is 0 Å². The first-order valence-electron chi connectivity index (χ1n) is 8.96. The van der Waals surface area contributed by atoms with E-state index < -0.39 is 0 Å². The molecule has 1 saturated heterocycles. The average molecular weight is 336 g/mol. The lowest BCUT2D eigenvalue weighted by Gasteiger charge is -2.36. The molecule has 0 amide bonds. The van der Waals surface area contributed by atoms with Crippen LogP contribution < -0.4 is 4.90 Å². The van der Waals surface area contributed by atoms with E-state index in [4.69, 9.17) is 0 Å². The molecule has 6 nitrogen and oxygen atoms in total. The number of hydrogen-bond donors (Lipinski definition) is 0. The van der Waals surface area contributed by atoms with Crippen molar-refractivity contribution in [3.8, 4) is 0 Å². The van der Waals surface area contributed by atoms with Crippen LogP contribution in [0.5, 0.6) is 0 Å². The van der Waals surface area contributed by atoms with Crippen LogP contribution in [0, 0.1) is 6.92 Å². The van der Waals surface area contributed by atoms with E-state index in [2.05, 4.69) is 69.3 Å². The number of piperazine rings is 1. The van der Waals surface area contributed by atoms with E-state index >= 15 is 0 Å². The predicted molar refractivity (Wildman–Crippen MR) is 98.8 cm³/mol. The van der Waals surface area contributed by atoms with Crippen LogP contribution in [0.4, 0.5) is 5.69 Å². The quantitative estimate of drug-likeness (QED) is 0.732. The van der Waals surface area contributed by atoms with E-state index in [1.807, 2.05) is 0 Å². The molecule has 1 fully saturated rings. The number of aromatic nitrogens is 4. The molecular formula is C19H24N6. The SMILES string of the molecule is CCc1cc(N2CCN(Cc3ccccc3C)CC2)c2nncn2n1. The summed E-state index contributed by atoms with van der Waals surface area (Å²) < 4.78 is 1.80. The van der Waals surface area contributed by atoms with Crippen LogP contribution in [-0.2, 0) is 13.0 Å². The lowest BCUT2D eigenvalue weighted by atomic mass is 10.1. The van der Waals surface area contributed by atoms with Crippen molar-refractivity contribution in [2.24, 2.45) is 0 Å². The Balaban J connectivity index is 1.49. The fourth-order valence-corrected chi connectivity index (χ4v) is 3.44. The third-order valence-corrected chi connectivity index (χ3v) is 5.03. The minimum absolute atomic E-state index is 0.851. The highest BCUT2D eigenvalue weighted by molar-refractivity contribution is 5.68. The molecule has 0 atom stereocenters. The highest BCUT2D eigenvalue weighted by atomic mass is 15.4. The van der Waals surface area contributed by atoms with Crippen molar-refractivity contribution in [3.63, 3.8) is 0 Å². The fraction of sp³-hybridized carbons (Fsp3) is 0.421. The van der Waals surface area contributed by atoms with Crippen LogP contribution in [0.15, 0.2) is 36.7 Å². The summed E-state index contributed by atoms with van der Waals surface area (Å²) in [5.41, 5.74) is 5.87. The summed E-state index contributed by atoms with van der Waals surface area (Å²) in [5, 5.41) is 12.8. The van der Waals surface area contributed by atoms with Crippen LogP contribution in [-0.4, -0.2) is 50.9 Å². The normalized spacial score (nSPS) is 15.8. The number of hydrogen-bond acceptors (Lipinski definition) is 5. The van der Waals surface area contributed by atoms with Gasteiger partial charge in [0, 0.05) is 32.7 Å². The van der Waals surface area contributed by atoms with Gasteiger partial charge in [0.05, 0.1) is 11.4 Å². The van der Waals surface area contributed by atoms with Gasteiger partial charge in [0.2, 0.25) is 5.65 Å².